The summed E-state index contributed by atoms with van der Waals surface area (Å²) >= 11 is 0. The summed E-state index contributed by atoms with van der Waals surface area (Å²) in [6.07, 6.45) is -7.72. The summed E-state index contributed by atoms with van der Waals surface area (Å²) in [5.74, 6) is -3.87. The molecule has 36 heavy (non-hydrogen) atoms. The first kappa shape index (κ1) is 27.3. The SMILES string of the molecule is BCc1c(B)cc(B)cc1C(=O)Oc1cccc2c(C(=O)OC(CS(=O)(=O)O)C(F)(F)F)cccc12. The zero-order valence-corrected chi connectivity index (χ0v) is 20.4. The molecule has 0 amide bonds. The van der Waals surface area contributed by atoms with Gasteiger partial charge in [0.2, 0.25) is 6.10 Å². The molecule has 0 aliphatic carbocycles. The van der Waals surface area contributed by atoms with Crippen LogP contribution in [-0.4, -0.2) is 66.5 Å². The molecule has 0 bridgehead atoms. The topological polar surface area (TPSA) is 107 Å². The predicted octanol–water partition coefficient (Wildman–Crippen LogP) is -0.316. The Bertz CT molecular complexity index is 1440. The van der Waals surface area contributed by atoms with Crippen molar-refractivity contribution in [2.24, 2.45) is 0 Å². The molecule has 0 fully saturated rings. The molecule has 0 aliphatic heterocycles. The molecule has 1 atom stereocenters. The average molecular weight is 518 g/mol. The molecule has 1 unspecified atom stereocenters. The summed E-state index contributed by atoms with van der Waals surface area (Å²) in [5, 5.41) is 0.373. The van der Waals surface area contributed by atoms with Gasteiger partial charge in [0.05, 0.1) is 11.1 Å². The maximum Gasteiger partial charge on any atom is 0.426 e. The molecule has 3 aromatic rings. The maximum absolute atomic E-state index is 13.2. The molecular weight excluding hydrogens is 498 g/mol. The summed E-state index contributed by atoms with van der Waals surface area (Å²) < 4.78 is 80.5. The molecule has 3 rings (SSSR count). The first-order valence-electron chi connectivity index (χ1n) is 10.8. The van der Waals surface area contributed by atoms with Crippen molar-refractivity contribution in [3.8, 4) is 5.75 Å². The van der Waals surface area contributed by atoms with Gasteiger partial charge in [0.15, 0.2) is 0 Å². The van der Waals surface area contributed by atoms with E-state index in [1.54, 1.807) is 6.07 Å². The van der Waals surface area contributed by atoms with Gasteiger partial charge < -0.3 is 9.47 Å². The molecule has 0 aliphatic rings. The van der Waals surface area contributed by atoms with Crippen LogP contribution in [0.25, 0.3) is 10.8 Å². The number of rotatable bonds is 7. The predicted molar refractivity (Wildman–Crippen MR) is 136 cm³/mol. The molecular formula is C22H20B3F3O7S. The standard InChI is InChI=1S/C22H20B3F3O7S/c23-9-16-15(7-11(24)8-17(16)25)21(30)34-18-6-2-3-12-13(18)4-1-5-14(12)20(29)35-19(22(26,27)28)10-36(31,32)33/h1-8,19H,9-10,23-25H2,(H,31,32,33). The molecule has 0 heterocycles. The van der Waals surface area contributed by atoms with Gasteiger partial charge in [0.25, 0.3) is 10.1 Å². The van der Waals surface area contributed by atoms with Crippen LogP contribution >= 0.6 is 0 Å². The summed E-state index contributed by atoms with van der Waals surface area (Å²) in [5.41, 5.74) is 2.67. The van der Waals surface area contributed by atoms with E-state index < -0.39 is 40.1 Å². The third-order valence-corrected chi connectivity index (χ3v) is 6.20. The minimum Gasteiger partial charge on any atom is -0.448 e. The Morgan fingerprint density at radius 1 is 0.972 bits per heavy atom. The van der Waals surface area contributed by atoms with Gasteiger partial charge in [-0.3, -0.25) is 4.55 Å². The average Bonchev–Trinajstić information content (AvgIpc) is 2.76. The normalized spacial score (nSPS) is 12.8. The van der Waals surface area contributed by atoms with Gasteiger partial charge in [-0.25, -0.2) is 9.59 Å². The van der Waals surface area contributed by atoms with Crippen LogP contribution in [0, 0.1) is 0 Å². The Morgan fingerprint density at radius 3 is 2.22 bits per heavy atom. The zero-order valence-electron chi connectivity index (χ0n) is 19.5. The van der Waals surface area contributed by atoms with Gasteiger partial charge in [0.1, 0.15) is 35.0 Å². The Labute approximate surface area is 207 Å². The largest absolute Gasteiger partial charge is 0.448 e. The van der Waals surface area contributed by atoms with Crippen LogP contribution < -0.4 is 15.7 Å². The van der Waals surface area contributed by atoms with Crippen molar-refractivity contribution in [2.45, 2.75) is 18.6 Å². The second-order valence-corrected chi connectivity index (χ2v) is 9.69. The molecule has 0 saturated carbocycles. The lowest BCUT2D eigenvalue weighted by atomic mass is 9.77. The fourth-order valence-electron chi connectivity index (χ4n) is 3.93. The van der Waals surface area contributed by atoms with Crippen molar-refractivity contribution in [3.05, 3.63) is 65.2 Å². The lowest BCUT2D eigenvalue weighted by molar-refractivity contribution is -0.197. The first-order valence-corrected chi connectivity index (χ1v) is 12.4. The fourth-order valence-corrected chi connectivity index (χ4v) is 4.57. The Kier molecular flexibility index (Phi) is 7.90. The quantitative estimate of drug-likeness (QED) is 0.198. The summed E-state index contributed by atoms with van der Waals surface area (Å²) in [6, 6.07) is 12.0. The monoisotopic (exact) mass is 518 g/mol. The van der Waals surface area contributed by atoms with Crippen molar-refractivity contribution in [3.63, 3.8) is 0 Å². The highest BCUT2D eigenvalue weighted by atomic mass is 32.2. The van der Waals surface area contributed by atoms with E-state index >= 15 is 0 Å². The van der Waals surface area contributed by atoms with E-state index in [2.05, 4.69) is 4.74 Å². The van der Waals surface area contributed by atoms with E-state index in [9.17, 15) is 31.2 Å². The number of esters is 2. The molecule has 1 N–H and O–H groups in total. The maximum atomic E-state index is 13.2. The third kappa shape index (κ3) is 6.30. The molecule has 0 aromatic heterocycles. The number of benzene rings is 3. The minimum atomic E-state index is -5.24. The van der Waals surface area contributed by atoms with Gasteiger partial charge in [0, 0.05) is 5.39 Å². The first-order chi connectivity index (χ1) is 16.7. The van der Waals surface area contributed by atoms with Crippen LogP contribution in [0.5, 0.6) is 5.75 Å². The highest BCUT2D eigenvalue weighted by Gasteiger charge is 2.45. The van der Waals surface area contributed by atoms with E-state index in [1.165, 1.54) is 36.4 Å². The van der Waals surface area contributed by atoms with Crippen LogP contribution in [0.1, 0.15) is 26.3 Å². The number of carbonyl (C=O) groups excluding carboxylic acids is 2. The van der Waals surface area contributed by atoms with E-state index in [0.29, 0.717) is 11.9 Å². The minimum absolute atomic E-state index is 0.0682. The molecule has 0 saturated heterocycles. The summed E-state index contributed by atoms with van der Waals surface area (Å²) in [6.45, 7) is 0. The van der Waals surface area contributed by atoms with Crippen molar-refractivity contribution in [2.75, 3.05) is 5.75 Å². The smallest absolute Gasteiger partial charge is 0.426 e. The second kappa shape index (κ2) is 10.4. The van der Waals surface area contributed by atoms with E-state index in [-0.39, 0.29) is 22.1 Å². The molecule has 0 radical (unpaired) electrons. The highest BCUT2D eigenvalue weighted by molar-refractivity contribution is 7.85. The molecule has 3 aromatic carbocycles. The van der Waals surface area contributed by atoms with Gasteiger partial charge in [-0.2, -0.15) is 21.6 Å². The Balaban J connectivity index is 1.98. The lowest BCUT2D eigenvalue weighted by Crippen LogP contribution is -2.39. The number of halogens is 3. The van der Waals surface area contributed by atoms with Crippen LogP contribution in [-0.2, 0) is 21.2 Å². The van der Waals surface area contributed by atoms with Gasteiger partial charge in [-0.15, -0.1) is 0 Å². The number of fused-ring (bicyclic) bond motifs is 1. The van der Waals surface area contributed by atoms with Crippen molar-refractivity contribution in [1.82, 2.24) is 0 Å². The van der Waals surface area contributed by atoms with Crippen molar-refractivity contribution < 1.29 is 45.2 Å². The molecule has 7 nitrogen and oxygen atoms in total. The van der Waals surface area contributed by atoms with Gasteiger partial charge >= 0.3 is 18.1 Å². The summed E-state index contributed by atoms with van der Waals surface area (Å²) in [4.78, 5) is 25.6. The fraction of sp³-hybridized carbons (Fsp3) is 0.182. The number of hydrogen-bond acceptors (Lipinski definition) is 6. The van der Waals surface area contributed by atoms with Crippen LogP contribution in [0.3, 0.4) is 0 Å². The summed E-state index contributed by atoms with van der Waals surface area (Å²) in [7, 11) is 0.539. The highest BCUT2D eigenvalue weighted by Crippen LogP contribution is 2.31. The van der Waals surface area contributed by atoms with E-state index in [4.69, 9.17) is 9.29 Å². The number of ether oxygens (including phenoxy) is 2. The second-order valence-electron chi connectivity index (χ2n) is 8.19. The number of alkyl halides is 3. The van der Waals surface area contributed by atoms with Crippen molar-refractivity contribution >= 4 is 67.3 Å². The number of carbonyl (C=O) groups is 2. The van der Waals surface area contributed by atoms with Gasteiger partial charge in [-0.1, -0.05) is 53.6 Å². The van der Waals surface area contributed by atoms with Crippen molar-refractivity contribution in [1.29, 1.82) is 0 Å². The van der Waals surface area contributed by atoms with E-state index in [0.717, 1.165) is 16.5 Å². The molecule has 186 valence electrons. The number of hydrogen-bond donors (Lipinski definition) is 1. The Hall–Kier alpha value is -3.25. The molecule has 14 heteroatoms. The van der Waals surface area contributed by atoms with Crippen LogP contribution in [0.4, 0.5) is 13.2 Å². The lowest BCUT2D eigenvalue weighted by Gasteiger charge is -2.20. The van der Waals surface area contributed by atoms with Crippen LogP contribution in [0.15, 0.2) is 48.5 Å². The zero-order chi connectivity index (χ0) is 26.8. The van der Waals surface area contributed by atoms with Gasteiger partial charge in [-0.05, 0) is 23.1 Å². The Morgan fingerprint density at radius 2 is 1.61 bits per heavy atom. The molecule has 0 spiro atoms. The van der Waals surface area contributed by atoms with E-state index in [1.807, 2.05) is 29.6 Å². The van der Waals surface area contributed by atoms with Crippen LogP contribution in [0.2, 0.25) is 0 Å². The third-order valence-electron chi connectivity index (χ3n) is 5.47.